The van der Waals surface area contributed by atoms with Gasteiger partial charge in [0.05, 0.1) is 43.7 Å². The van der Waals surface area contributed by atoms with Gasteiger partial charge in [-0.25, -0.2) is 9.97 Å². The van der Waals surface area contributed by atoms with E-state index >= 15 is 0 Å². The standard InChI is InChI=1S/C56H34N4S/c1-3-15-35(16-4-1)36-29-31-38(32-30-36)53-42-19-7-10-25-45(42)57-56(58-53)60-47-27-12-9-21-44(47)52-49(60)34-33-48-51(52)43-20-8-11-26-46(43)59(48)50-28-14-24-41-40-23-13-22-39(54(40)61-55(41)50)37-17-5-2-6-18-37/h1-34H. The Kier molecular flexibility index (Phi) is 7.44. The number of thiophene rings is 1. The maximum Gasteiger partial charge on any atom is 0.235 e. The van der Waals surface area contributed by atoms with Crippen LogP contribution in [0.3, 0.4) is 0 Å². The maximum atomic E-state index is 5.44. The highest BCUT2D eigenvalue weighted by molar-refractivity contribution is 7.26. The molecule has 13 aromatic rings. The lowest BCUT2D eigenvalue weighted by Gasteiger charge is -2.12. The van der Waals surface area contributed by atoms with E-state index in [-0.39, 0.29) is 0 Å². The van der Waals surface area contributed by atoms with E-state index < -0.39 is 0 Å². The molecule has 0 radical (unpaired) electrons. The molecular formula is C56H34N4S. The summed E-state index contributed by atoms with van der Waals surface area (Å²) in [6.45, 7) is 0. The van der Waals surface area contributed by atoms with Gasteiger partial charge < -0.3 is 4.57 Å². The van der Waals surface area contributed by atoms with Crippen LogP contribution in [0.25, 0.3) is 120 Å². The van der Waals surface area contributed by atoms with Crippen molar-refractivity contribution in [3.8, 4) is 45.1 Å². The normalized spacial score (nSPS) is 11.9. The number of hydrogen-bond donors (Lipinski definition) is 0. The molecule has 4 aromatic heterocycles. The highest BCUT2D eigenvalue weighted by Gasteiger charge is 2.24. The van der Waals surface area contributed by atoms with Gasteiger partial charge >= 0.3 is 0 Å². The maximum absolute atomic E-state index is 5.44. The topological polar surface area (TPSA) is 35.6 Å². The molecule has 61 heavy (non-hydrogen) atoms. The van der Waals surface area contributed by atoms with Crippen molar-refractivity contribution in [2.45, 2.75) is 0 Å². The van der Waals surface area contributed by atoms with Crippen molar-refractivity contribution in [3.63, 3.8) is 0 Å². The molecule has 5 heteroatoms. The van der Waals surface area contributed by atoms with Gasteiger partial charge in [-0.1, -0.05) is 170 Å². The Morgan fingerprint density at radius 3 is 1.57 bits per heavy atom. The lowest BCUT2D eigenvalue weighted by Crippen LogP contribution is -2.03. The van der Waals surface area contributed by atoms with Crippen LogP contribution in [0.15, 0.2) is 206 Å². The first kappa shape index (κ1) is 34.0. The van der Waals surface area contributed by atoms with Gasteiger partial charge in [0.1, 0.15) is 0 Å². The van der Waals surface area contributed by atoms with Crippen LogP contribution in [0.1, 0.15) is 0 Å². The molecule has 0 aliphatic carbocycles. The number of hydrogen-bond acceptors (Lipinski definition) is 3. The Morgan fingerprint density at radius 2 is 0.852 bits per heavy atom. The van der Waals surface area contributed by atoms with Crippen LogP contribution in [0.4, 0.5) is 0 Å². The van der Waals surface area contributed by atoms with Crippen LogP contribution in [-0.4, -0.2) is 19.1 Å². The summed E-state index contributed by atoms with van der Waals surface area (Å²) in [6, 6.07) is 74.1. The molecule has 0 aliphatic heterocycles. The highest BCUT2D eigenvalue weighted by atomic mass is 32.1. The van der Waals surface area contributed by atoms with Gasteiger partial charge in [0, 0.05) is 48.0 Å². The molecule has 4 heterocycles. The van der Waals surface area contributed by atoms with Crippen LogP contribution in [0.5, 0.6) is 0 Å². The molecule has 4 nitrogen and oxygen atoms in total. The molecule has 0 unspecified atom stereocenters. The van der Waals surface area contributed by atoms with Gasteiger partial charge in [-0.3, -0.25) is 4.57 Å². The molecule has 0 spiro atoms. The van der Waals surface area contributed by atoms with E-state index in [2.05, 4.69) is 215 Å². The van der Waals surface area contributed by atoms with E-state index in [1.165, 1.54) is 80.7 Å². The monoisotopic (exact) mass is 794 g/mol. The van der Waals surface area contributed by atoms with Gasteiger partial charge in [-0.05, 0) is 58.7 Å². The predicted octanol–water partition coefficient (Wildman–Crippen LogP) is 15.2. The molecule has 0 fully saturated rings. The van der Waals surface area contributed by atoms with Crippen molar-refractivity contribution in [3.05, 3.63) is 206 Å². The van der Waals surface area contributed by atoms with E-state index in [9.17, 15) is 0 Å². The van der Waals surface area contributed by atoms with Crippen LogP contribution in [0.2, 0.25) is 0 Å². The van der Waals surface area contributed by atoms with Crippen molar-refractivity contribution >= 4 is 86.0 Å². The van der Waals surface area contributed by atoms with Gasteiger partial charge in [-0.15, -0.1) is 11.3 Å². The van der Waals surface area contributed by atoms with Crippen LogP contribution in [0, 0.1) is 0 Å². The second kappa shape index (κ2) is 13.3. The third kappa shape index (κ3) is 5.11. The number of aromatic nitrogens is 4. The minimum Gasteiger partial charge on any atom is -0.308 e. The molecule has 0 N–H and O–H groups in total. The predicted molar refractivity (Wildman–Crippen MR) is 257 cm³/mol. The number of fused-ring (bicyclic) bond motifs is 11. The zero-order valence-electron chi connectivity index (χ0n) is 32.8. The Bertz CT molecular complexity index is 3860. The average molecular weight is 795 g/mol. The molecule has 13 rings (SSSR count). The summed E-state index contributed by atoms with van der Waals surface area (Å²) >= 11 is 1.89. The van der Waals surface area contributed by atoms with Gasteiger partial charge in [0.2, 0.25) is 5.95 Å². The van der Waals surface area contributed by atoms with Crippen LogP contribution >= 0.6 is 11.3 Å². The summed E-state index contributed by atoms with van der Waals surface area (Å²) in [7, 11) is 0. The SMILES string of the molecule is c1ccc(-c2ccc(-c3nc(-n4c5ccccc5c5c6c7ccccc7n(-c7cccc8c7sc7c(-c9ccccc9)cccc78)c6ccc54)nc4ccccc34)cc2)cc1. The summed E-state index contributed by atoms with van der Waals surface area (Å²) in [5.74, 6) is 0.652. The van der Waals surface area contributed by atoms with E-state index in [0.717, 1.165) is 33.2 Å². The van der Waals surface area contributed by atoms with Crippen molar-refractivity contribution in [1.29, 1.82) is 0 Å². The summed E-state index contributed by atoms with van der Waals surface area (Å²) in [5.41, 5.74) is 13.4. The van der Waals surface area contributed by atoms with Crippen LogP contribution in [-0.2, 0) is 0 Å². The van der Waals surface area contributed by atoms with Crippen LogP contribution < -0.4 is 0 Å². The first-order chi connectivity index (χ1) is 30.3. The number of rotatable bonds is 5. The summed E-state index contributed by atoms with van der Waals surface area (Å²) in [5, 5.41) is 8.40. The Labute approximate surface area is 354 Å². The Hall–Kier alpha value is -7.86. The first-order valence-corrected chi connectivity index (χ1v) is 21.5. The smallest absolute Gasteiger partial charge is 0.235 e. The second-order valence-corrected chi connectivity index (χ2v) is 16.7. The van der Waals surface area contributed by atoms with E-state index in [1.54, 1.807) is 0 Å². The lowest BCUT2D eigenvalue weighted by molar-refractivity contribution is 1.01. The molecule has 0 bridgehead atoms. The average Bonchev–Trinajstić information content (AvgIpc) is 4.00. The fourth-order valence-electron chi connectivity index (χ4n) is 9.66. The lowest BCUT2D eigenvalue weighted by atomic mass is 10.0. The summed E-state index contributed by atoms with van der Waals surface area (Å²) < 4.78 is 7.34. The molecule has 0 amide bonds. The zero-order chi connectivity index (χ0) is 40.0. The highest BCUT2D eigenvalue weighted by Crippen LogP contribution is 2.46. The van der Waals surface area contributed by atoms with Gasteiger partial charge in [-0.2, -0.15) is 0 Å². The van der Waals surface area contributed by atoms with Crippen molar-refractivity contribution < 1.29 is 0 Å². The number of nitrogens with zero attached hydrogens (tertiary/aromatic N) is 4. The minimum atomic E-state index is 0.652. The fraction of sp³-hybridized carbons (Fsp3) is 0. The Balaban J connectivity index is 1.06. The molecule has 0 aliphatic rings. The third-order valence-electron chi connectivity index (χ3n) is 12.4. The van der Waals surface area contributed by atoms with E-state index in [4.69, 9.17) is 9.97 Å². The summed E-state index contributed by atoms with van der Waals surface area (Å²) in [4.78, 5) is 10.7. The largest absolute Gasteiger partial charge is 0.308 e. The van der Waals surface area contributed by atoms with E-state index in [1.807, 2.05) is 11.3 Å². The molecule has 0 saturated heterocycles. The van der Waals surface area contributed by atoms with Crippen molar-refractivity contribution in [1.82, 2.24) is 19.1 Å². The second-order valence-electron chi connectivity index (χ2n) is 15.7. The number of benzene rings is 9. The first-order valence-electron chi connectivity index (χ1n) is 20.7. The zero-order valence-corrected chi connectivity index (χ0v) is 33.6. The van der Waals surface area contributed by atoms with Crippen molar-refractivity contribution in [2.24, 2.45) is 0 Å². The van der Waals surface area contributed by atoms with E-state index in [0.29, 0.717) is 5.95 Å². The van der Waals surface area contributed by atoms with Gasteiger partial charge in [0.15, 0.2) is 0 Å². The molecular weight excluding hydrogens is 761 g/mol. The molecule has 0 atom stereocenters. The quantitative estimate of drug-likeness (QED) is 0.174. The molecule has 9 aromatic carbocycles. The number of para-hydroxylation sites is 3. The summed E-state index contributed by atoms with van der Waals surface area (Å²) in [6.07, 6.45) is 0. The minimum absolute atomic E-state index is 0.652. The van der Waals surface area contributed by atoms with Gasteiger partial charge in [0.25, 0.3) is 0 Å². The Morgan fingerprint density at radius 1 is 0.328 bits per heavy atom. The van der Waals surface area contributed by atoms with Crippen molar-refractivity contribution in [2.75, 3.05) is 0 Å². The molecule has 284 valence electrons. The third-order valence-corrected chi connectivity index (χ3v) is 13.6. The molecule has 0 saturated carbocycles. The fourth-order valence-corrected chi connectivity index (χ4v) is 11.0.